The van der Waals surface area contributed by atoms with E-state index in [4.69, 9.17) is 4.98 Å². The number of para-hydroxylation sites is 1. The Bertz CT molecular complexity index is 1170. The number of halogens is 1. The van der Waals surface area contributed by atoms with Crippen LogP contribution in [0.3, 0.4) is 0 Å². The van der Waals surface area contributed by atoms with Crippen molar-refractivity contribution < 1.29 is 0 Å². The second-order valence-corrected chi connectivity index (χ2v) is 6.73. The van der Waals surface area contributed by atoms with E-state index in [1.807, 2.05) is 67.7 Å². The Balaban J connectivity index is 1.96. The van der Waals surface area contributed by atoms with Gasteiger partial charge in [0, 0.05) is 17.7 Å². The quantitative estimate of drug-likeness (QED) is 0.515. The molecule has 0 saturated carbocycles. The van der Waals surface area contributed by atoms with E-state index in [1.165, 1.54) is 0 Å². The zero-order valence-corrected chi connectivity index (χ0v) is 15.6. The fourth-order valence-corrected chi connectivity index (χ4v) is 3.07. The molecule has 0 N–H and O–H groups in total. The number of hydrogen-bond donors (Lipinski definition) is 0. The average molecular weight is 407 g/mol. The monoisotopic (exact) mass is 406 g/mol. The van der Waals surface area contributed by atoms with Gasteiger partial charge in [0.1, 0.15) is 5.82 Å². The van der Waals surface area contributed by atoms with Crippen molar-refractivity contribution in [3.63, 3.8) is 0 Å². The number of aromatic nitrogens is 4. The minimum atomic E-state index is -0.0948. The Labute approximate surface area is 158 Å². The number of hydrogen-bond acceptors (Lipinski definition) is 3. The van der Waals surface area contributed by atoms with Gasteiger partial charge in [0.2, 0.25) is 0 Å². The van der Waals surface area contributed by atoms with Gasteiger partial charge in [0.15, 0.2) is 0 Å². The Morgan fingerprint density at radius 2 is 1.77 bits per heavy atom. The minimum absolute atomic E-state index is 0.0948. The van der Waals surface area contributed by atoms with Crippen molar-refractivity contribution in [3.05, 3.63) is 87.1 Å². The van der Waals surface area contributed by atoms with E-state index in [0.29, 0.717) is 16.7 Å². The van der Waals surface area contributed by atoms with Crippen molar-refractivity contribution in [1.82, 2.24) is 19.3 Å². The molecule has 4 rings (SSSR count). The van der Waals surface area contributed by atoms with Gasteiger partial charge in [-0.3, -0.25) is 14.0 Å². The summed E-state index contributed by atoms with van der Waals surface area (Å²) in [6, 6.07) is 16.9. The van der Waals surface area contributed by atoms with E-state index >= 15 is 0 Å². The standard InChI is InChI=1S/C20H15BrN4O/c1-24-15(12-13-22-24)10-11-19-23-18-5-3-2-4-17(18)20(26)25(19)16-8-6-14(21)7-9-16/h2-13H,1H3/b11-10+. The first-order chi connectivity index (χ1) is 12.6. The fraction of sp³-hybridized carbons (Fsp3) is 0.0500. The molecule has 0 bridgehead atoms. The summed E-state index contributed by atoms with van der Waals surface area (Å²) in [5.74, 6) is 0.567. The van der Waals surface area contributed by atoms with Crippen LogP contribution in [0.2, 0.25) is 0 Å². The summed E-state index contributed by atoms with van der Waals surface area (Å²) in [5.41, 5.74) is 2.27. The summed E-state index contributed by atoms with van der Waals surface area (Å²) in [5, 5.41) is 4.75. The summed E-state index contributed by atoms with van der Waals surface area (Å²) in [4.78, 5) is 17.8. The van der Waals surface area contributed by atoms with E-state index in [0.717, 1.165) is 15.9 Å². The molecule has 0 saturated heterocycles. The average Bonchev–Trinajstić information content (AvgIpc) is 3.06. The lowest BCUT2D eigenvalue weighted by Gasteiger charge is -2.11. The molecule has 26 heavy (non-hydrogen) atoms. The van der Waals surface area contributed by atoms with Crippen LogP contribution >= 0.6 is 15.9 Å². The van der Waals surface area contributed by atoms with E-state index in [-0.39, 0.29) is 5.56 Å². The van der Waals surface area contributed by atoms with Gasteiger partial charge < -0.3 is 0 Å². The second kappa shape index (κ2) is 6.72. The molecule has 0 aliphatic carbocycles. The van der Waals surface area contributed by atoms with Crippen LogP contribution in [0.1, 0.15) is 11.5 Å². The van der Waals surface area contributed by atoms with Crippen LogP contribution in [0.25, 0.3) is 28.7 Å². The highest BCUT2D eigenvalue weighted by Crippen LogP contribution is 2.17. The SMILES string of the molecule is Cn1nccc1/C=C/c1nc2ccccc2c(=O)n1-c1ccc(Br)cc1. The molecule has 0 atom stereocenters. The summed E-state index contributed by atoms with van der Waals surface area (Å²) in [6.07, 6.45) is 5.47. The predicted octanol–water partition coefficient (Wildman–Crippen LogP) is 4.05. The molecule has 0 unspecified atom stereocenters. The van der Waals surface area contributed by atoms with Crippen LogP contribution in [-0.4, -0.2) is 19.3 Å². The molecule has 2 aromatic carbocycles. The third-order valence-electron chi connectivity index (χ3n) is 4.15. The molecular weight excluding hydrogens is 392 g/mol. The fourth-order valence-electron chi connectivity index (χ4n) is 2.81. The number of nitrogens with zero attached hydrogens (tertiary/aromatic N) is 4. The highest BCUT2D eigenvalue weighted by Gasteiger charge is 2.11. The first kappa shape index (κ1) is 16.5. The van der Waals surface area contributed by atoms with Crippen LogP contribution in [0.5, 0.6) is 0 Å². The minimum Gasteiger partial charge on any atom is -0.269 e. The van der Waals surface area contributed by atoms with Crippen LogP contribution in [-0.2, 0) is 7.05 Å². The molecule has 2 aromatic heterocycles. The predicted molar refractivity (Wildman–Crippen MR) is 107 cm³/mol. The maximum atomic E-state index is 13.1. The molecule has 128 valence electrons. The Morgan fingerprint density at radius 3 is 2.50 bits per heavy atom. The molecular formula is C20H15BrN4O. The first-order valence-corrected chi connectivity index (χ1v) is 8.86. The van der Waals surface area contributed by atoms with Gasteiger partial charge in [-0.15, -0.1) is 0 Å². The zero-order chi connectivity index (χ0) is 18.1. The van der Waals surface area contributed by atoms with Crippen LogP contribution in [0, 0.1) is 0 Å². The highest BCUT2D eigenvalue weighted by molar-refractivity contribution is 9.10. The normalized spacial score (nSPS) is 11.5. The topological polar surface area (TPSA) is 52.7 Å². The molecule has 0 fully saturated rings. The lowest BCUT2D eigenvalue weighted by atomic mass is 10.2. The van der Waals surface area contributed by atoms with Crippen LogP contribution in [0.4, 0.5) is 0 Å². The van der Waals surface area contributed by atoms with Crippen molar-refractivity contribution in [2.24, 2.45) is 7.05 Å². The largest absolute Gasteiger partial charge is 0.269 e. The molecule has 0 aliphatic rings. The summed E-state index contributed by atoms with van der Waals surface area (Å²) >= 11 is 3.43. The number of benzene rings is 2. The summed E-state index contributed by atoms with van der Waals surface area (Å²) in [6.45, 7) is 0. The van der Waals surface area contributed by atoms with Gasteiger partial charge in [0.05, 0.1) is 22.3 Å². The van der Waals surface area contributed by atoms with Gasteiger partial charge in [-0.05, 0) is 54.6 Å². The Kier molecular flexibility index (Phi) is 4.26. The third kappa shape index (κ3) is 2.99. The van der Waals surface area contributed by atoms with E-state index in [2.05, 4.69) is 21.0 Å². The van der Waals surface area contributed by atoms with Crippen molar-refractivity contribution in [2.45, 2.75) is 0 Å². The lowest BCUT2D eigenvalue weighted by molar-refractivity contribution is 0.760. The summed E-state index contributed by atoms with van der Waals surface area (Å²) in [7, 11) is 1.87. The van der Waals surface area contributed by atoms with Crippen molar-refractivity contribution >= 4 is 39.0 Å². The Hall–Kier alpha value is -2.99. The number of fused-ring (bicyclic) bond motifs is 1. The molecule has 4 aromatic rings. The highest BCUT2D eigenvalue weighted by atomic mass is 79.9. The number of aryl methyl sites for hydroxylation is 1. The molecule has 2 heterocycles. The van der Waals surface area contributed by atoms with Crippen LogP contribution < -0.4 is 5.56 Å². The van der Waals surface area contributed by atoms with Crippen molar-refractivity contribution in [3.8, 4) is 5.69 Å². The van der Waals surface area contributed by atoms with E-state index in [9.17, 15) is 4.79 Å². The smallest absolute Gasteiger partial charge is 0.266 e. The van der Waals surface area contributed by atoms with Crippen molar-refractivity contribution in [2.75, 3.05) is 0 Å². The molecule has 0 aliphatic heterocycles. The first-order valence-electron chi connectivity index (χ1n) is 8.07. The van der Waals surface area contributed by atoms with Crippen LogP contribution in [0.15, 0.2) is 70.1 Å². The molecule has 6 heteroatoms. The molecule has 5 nitrogen and oxygen atoms in total. The Morgan fingerprint density at radius 1 is 1.00 bits per heavy atom. The summed E-state index contributed by atoms with van der Waals surface area (Å²) < 4.78 is 4.34. The maximum Gasteiger partial charge on any atom is 0.266 e. The van der Waals surface area contributed by atoms with E-state index < -0.39 is 0 Å². The maximum absolute atomic E-state index is 13.1. The number of rotatable bonds is 3. The molecule has 0 spiro atoms. The van der Waals surface area contributed by atoms with E-state index in [1.54, 1.807) is 21.5 Å². The third-order valence-corrected chi connectivity index (χ3v) is 4.68. The zero-order valence-electron chi connectivity index (χ0n) is 14.0. The van der Waals surface area contributed by atoms with Gasteiger partial charge in [-0.1, -0.05) is 28.1 Å². The van der Waals surface area contributed by atoms with Gasteiger partial charge >= 0.3 is 0 Å². The van der Waals surface area contributed by atoms with Crippen molar-refractivity contribution in [1.29, 1.82) is 0 Å². The second-order valence-electron chi connectivity index (χ2n) is 5.82. The van der Waals surface area contributed by atoms with Gasteiger partial charge in [-0.25, -0.2) is 4.98 Å². The molecule has 0 amide bonds. The molecule has 0 radical (unpaired) electrons. The lowest BCUT2D eigenvalue weighted by Crippen LogP contribution is -2.22. The van der Waals surface area contributed by atoms with Gasteiger partial charge in [-0.2, -0.15) is 5.10 Å². The van der Waals surface area contributed by atoms with Gasteiger partial charge in [0.25, 0.3) is 5.56 Å².